The SMILES string of the molecule is CN(Cc1cccnc1)CC1CCCCC1N. The predicted octanol–water partition coefficient (Wildman–Crippen LogP) is 2.03. The molecule has 2 atom stereocenters. The van der Waals surface area contributed by atoms with E-state index in [2.05, 4.69) is 23.0 Å². The molecule has 0 spiro atoms. The fourth-order valence-corrected chi connectivity index (χ4v) is 2.73. The van der Waals surface area contributed by atoms with Crippen LogP contribution in [0.1, 0.15) is 31.2 Å². The van der Waals surface area contributed by atoms with Crippen molar-refractivity contribution in [1.82, 2.24) is 9.88 Å². The van der Waals surface area contributed by atoms with Crippen LogP contribution in [0, 0.1) is 5.92 Å². The van der Waals surface area contributed by atoms with Gasteiger partial charge in [0.1, 0.15) is 0 Å². The average molecular weight is 233 g/mol. The van der Waals surface area contributed by atoms with E-state index >= 15 is 0 Å². The molecule has 17 heavy (non-hydrogen) atoms. The van der Waals surface area contributed by atoms with Gasteiger partial charge in [-0.3, -0.25) is 4.98 Å². The zero-order valence-corrected chi connectivity index (χ0v) is 10.7. The predicted molar refractivity (Wildman–Crippen MR) is 70.5 cm³/mol. The number of aromatic nitrogens is 1. The van der Waals surface area contributed by atoms with Crippen molar-refractivity contribution in [3.63, 3.8) is 0 Å². The van der Waals surface area contributed by atoms with E-state index in [4.69, 9.17) is 5.73 Å². The lowest BCUT2D eigenvalue weighted by molar-refractivity contribution is 0.206. The number of hydrogen-bond acceptors (Lipinski definition) is 3. The minimum Gasteiger partial charge on any atom is -0.327 e. The molecule has 0 aliphatic heterocycles. The van der Waals surface area contributed by atoms with Crippen LogP contribution < -0.4 is 5.73 Å². The first-order valence-electron chi connectivity index (χ1n) is 6.59. The summed E-state index contributed by atoms with van der Waals surface area (Å²) in [6.45, 7) is 2.08. The average Bonchev–Trinajstić information content (AvgIpc) is 2.33. The second-order valence-electron chi connectivity index (χ2n) is 5.27. The first kappa shape index (κ1) is 12.5. The van der Waals surface area contributed by atoms with Crippen LogP contribution >= 0.6 is 0 Å². The molecule has 1 aliphatic carbocycles. The molecule has 3 nitrogen and oxygen atoms in total. The van der Waals surface area contributed by atoms with Crippen LogP contribution in [-0.2, 0) is 6.54 Å². The summed E-state index contributed by atoms with van der Waals surface area (Å²) < 4.78 is 0. The number of nitrogens with two attached hydrogens (primary N) is 1. The third-order valence-corrected chi connectivity index (χ3v) is 3.69. The lowest BCUT2D eigenvalue weighted by Gasteiger charge is -2.32. The standard InChI is InChI=1S/C14H23N3/c1-17(10-12-5-4-8-16-9-12)11-13-6-2-3-7-14(13)15/h4-5,8-9,13-14H,2-3,6-7,10-11,15H2,1H3. The maximum atomic E-state index is 6.18. The van der Waals surface area contributed by atoms with Gasteiger partial charge in [-0.1, -0.05) is 18.9 Å². The Kier molecular flexibility index (Phi) is 4.51. The Balaban J connectivity index is 1.82. The van der Waals surface area contributed by atoms with Crippen molar-refractivity contribution in [2.75, 3.05) is 13.6 Å². The highest BCUT2D eigenvalue weighted by atomic mass is 15.1. The maximum Gasteiger partial charge on any atom is 0.0312 e. The summed E-state index contributed by atoms with van der Waals surface area (Å²) in [7, 11) is 2.17. The van der Waals surface area contributed by atoms with Gasteiger partial charge >= 0.3 is 0 Å². The molecule has 0 aromatic carbocycles. The largest absolute Gasteiger partial charge is 0.327 e. The molecular formula is C14H23N3. The maximum absolute atomic E-state index is 6.18. The third-order valence-electron chi connectivity index (χ3n) is 3.69. The van der Waals surface area contributed by atoms with Gasteiger partial charge in [0.25, 0.3) is 0 Å². The summed E-state index contributed by atoms with van der Waals surface area (Å²) in [4.78, 5) is 6.52. The molecule has 1 heterocycles. The van der Waals surface area contributed by atoms with Gasteiger partial charge in [0.15, 0.2) is 0 Å². The number of nitrogens with zero attached hydrogens (tertiary/aromatic N) is 2. The summed E-state index contributed by atoms with van der Waals surface area (Å²) in [5.74, 6) is 0.672. The van der Waals surface area contributed by atoms with Crippen molar-refractivity contribution in [3.05, 3.63) is 30.1 Å². The second-order valence-corrected chi connectivity index (χ2v) is 5.27. The zero-order valence-electron chi connectivity index (χ0n) is 10.7. The molecule has 0 bridgehead atoms. The van der Waals surface area contributed by atoms with Crippen molar-refractivity contribution < 1.29 is 0 Å². The Bertz CT molecular complexity index is 325. The summed E-state index contributed by atoms with van der Waals surface area (Å²) in [5.41, 5.74) is 7.46. The van der Waals surface area contributed by atoms with Gasteiger partial charge in [0, 0.05) is 31.5 Å². The van der Waals surface area contributed by atoms with Gasteiger partial charge in [0.05, 0.1) is 0 Å². The topological polar surface area (TPSA) is 42.2 Å². The Labute approximate surface area is 104 Å². The fraction of sp³-hybridized carbons (Fsp3) is 0.643. The Morgan fingerprint density at radius 2 is 2.24 bits per heavy atom. The summed E-state index contributed by atoms with van der Waals surface area (Å²) in [6.07, 6.45) is 8.91. The summed E-state index contributed by atoms with van der Waals surface area (Å²) in [6, 6.07) is 4.53. The smallest absolute Gasteiger partial charge is 0.0312 e. The van der Waals surface area contributed by atoms with E-state index in [1.54, 1.807) is 0 Å². The molecule has 0 radical (unpaired) electrons. The first-order valence-corrected chi connectivity index (χ1v) is 6.59. The van der Waals surface area contributed by atoms with Gasteiger partial charge in [0.2, 0.25) is 0 Å². The van der Waals surface area contributed by atoms with Crippen LogP contribution in [0.5, 0.6) is 0 Å². The highest BCUT2D eigenvalue weighted by molar-refractivity contribution is 5.07. The molecule has 0 amide bonds. The third kappa shape index (κ3) is 3.79. The first-order chi connectivity index (χ1) is 8.25. The van der Waals surface area contributed by atoms with E-state index in [1.165, 1.54) is 31.2 Å². The van der Waals surface area contributed by atoms with E-state index in [-0.39, 0.29) is 0 Å². The molecule has 1 aromatic rings. The minimum absolute atomic E-state index is 0.403. The highest BCUT2D eigenvalue weighted by Crippen LogP contribution is 2.23. The van der Waals surface area contributed by atoms with Crippen LogP contribution in [0.3, 0.4) is 0 Å². The fourth-order valence-electron chi connectivity index (χ4n) is 2.73. The summed E-state index contributed by atoms with van der Waals surface area (Å²) >= 11 is 0. The molecule has 94 valence electrons. The number of hydrogen-bond donors (Lipinski definition) is 1. The minimum atomic E-state index is 0.403. The van der Waals surface area contributed by atoms with E-state index in [0.29, 0.717) is 12.0 Å². The van der Waals surface area contributed by atoms with E-state index in [1.807, 2.05) is 18.5 Å². The Morgan fingerprint density at radius 1 is 1.41 bits per heavy atom. The van der Waals surface area contributed by atoms with Crippen LogP contribution in [-0.4, -0.2) is 29.5 Å². The molecule has 0 saturated heterocycles. The van der Waals surface area contributed by atoms with Crippen molar-refractivity contribution >= 4 is 0 Å². The number of pyridine rings is 1. The van der Waals surface area contributed by atoms with E-state index in [0.717, 1.165) is 13.1 Å². The van der Waals surface area contributed by atoms with Crippen LogP contribution in [0.15, 0.2) is 24.5 Å². The quantitative estimate of drug-likeness (QED) is 0.865. The molecule has 1 aromatic heterocycles. The van der Waals surface area contributed by atoms with E-state index in [9.17, 15) is 0 Å². The lowest BCUT2D eigenvalue weighted by atomic mass is 9.85. The molecule has 3 heteroatoms. The monoisotopic (exact) mass is 233 g/mol. The van der Waals surface area contributed by atoms with Crippen LogP contribution in [0.25, 0.3) is 0 Å². The normalized spacial score (nSPS) is 25.1. The van der Waals surface area contributed by atoms with Gasteiger partial charge in [-0.2, -0.15) is 0 Å². The molecule has 2 unspecified atom stereocenters. The van der Waals surface area contributed by atoms with Crippen molar-refractivity contribution in [3.8, 4) is 0 Å². The van der Waals surface area contributed by atoms with Crippen LogP contribution in [0.2, 0.25) is 0 Å². The number of rotatable bonds is 4. The molecule has 1 fully saturated rings. The molecular weight excluding hydrogens is 210 g/mol. The van der Waals surface area contributed by atoms with Gasteiger partial charge in [-0.25, -0.2) is 0 Å². The zero-order chi connectivity index (χ0) is 12.1. The van der Waals surface area contributed by atoms with Gasteiger partial charge < -0.3 is 10.6 Å². The molecule has 1 aliphatic rings. The Morgan fingerprint density at radius 3 is 2.94 bits per heavy atom. The van der Waals surface area contributed by atoms with E-state index < -0.39 is 0 Å². The van der Waals surface area contributed by atoms with Crippen LogP contribution in [0.4, 0.5) is 0 Å². The highest BCUT2D eigenvalue weighted by Gasteiger charge is 2.22. The molecule has 1 saturated carbocycles. The second kappa shape index (κ2) is 6.12. The van der Waals surface area contributed by atoms with Crippen molar-refractivity contribution in [1.29, 1.82) is 0 Å². The lowest BCUT2D eigenvalue weighted by Crippen LogP contribution is -2.39. The summed E-state index contributed by atoms with van der Waals surface area (Å²) in [5, 5.41) is 0. The van der Waals surface area contributed by atoms with Gasteiger partial charge in [-0.15, -0.1) is 0 Å². The molecule has 2 rings (SSSR count). The Hall–Kier alpha value is -0.930. The van der Waals surface area contributed by atoms with Gasteiger partial charge in [-0.05, 0) is 37.4 Å². The van der Waals surface area contributed by atoms with Crippen molar-refractivity contribution in [2.24, 2.45) is 11.7 Å². The molecule has 2 N–H and O–H groups in total. The van der Waals surface area contributed by atoms with Crippen molar-refractivity contribution in [2.45, 2.75) is 38.3 Å².